The van der Waals surface area contributed by atoms with Gasteiger partial charge in [-0.25, -0.2) is 0 Å². The molecule has 0 radical (unpaired) electrons. The number of benzene rings is 2. The van der Waals surface area contributed by atoms with Gasteiger partial charge in [0.15, 0.2) is 11.5 Å². The minimum atomic E-state index is -0.568. The standard InChI is InChI=1S/C21H16ClNO3S3/c1-21(2)18-17(20(27)29-28-18)13-9-15-16(26-8-7-25-15)10-14(13)23(21)19(24)11-3-5-12(22)6-4-11/h3-6,9-10H,7-8H2,1-2H3. The molecule has 2 aliphatic heterocycles. The molecular weight excluding hydrogens is 446 g/mol. The fourth-order valence-corrected chi connectivity index (χ4v) is 7.25. The minimum absolute atomic E-state index is 0.0976. The van der Waals surface area contributed by atoms with Crippen molar-refractivity contribution in [2.75, 3.05) is 18.1 Å². The summed E-state index contributed by atoms with van der Waals surface area (Å²) in [7, 11) is 3.19. The van der Waals surface area contributed by atoms with Crippen LogP contribution in [0.3, 0.4) is 0 Å². The third kappa shape index (κ3) is 2.91. The summed E-state index contributed by atoms with van der Waals surface area (Å²) in [5.74, 6) is 1.23. The Morgan fingerprint density at radius 1 is 1.10 bits per heavy atom. The van der Waals surface area contributed by atoms with Crippen molar-refractivity contribution in [3.05, 3.63) is 55.7 Å². The number of rotatable bonds is 1. The van der Waals surface area contributed by atoms with E-state index in [1.165, 1.54) is 0 Å². The molecule has 1 aromatic heterocycles. The lowest BCUT2D eigenvalue weighted by atomic mass is 9.86. The largest absolute Gasteiger partial charge is 0.486 e. The zero-order chi connectivity index (χ0) is 20.3. The number of fused-ring (bicyclic) bond motifs is 4. The van der Waals surface area contributed by atoms with Gasteiger partial charge in [-0.2, -0.15) is 0 Å². The van der Waals surface area contributed by atoms with Crippen LogP contribution >= 0.6 is 44.5 Å². The molecule has 1 amide bonds. The van der Waals surface area contributed by atoms with Gasteiger partial charge in [-0.05, 0) is 44.2 Å². The summed E-state index contributed by atoms with van der Waals surface area (Å²) in [6, 6.07) is 10.8. The number of amides is 1. The van der Waals surface area contributed by atoms with E-state index in [0.717, 1.165) is 25.5 Å². The fourth-order valence-electron chi connectivity index (χ4n) is 3.85. The first-order chi connectivity index (χ1) is 13.9. The van der Waals surface area contributed by atoms with Gasteiger partial charge in [0, 0.05) is 27.8 Å². The highest BCUT2D eigenvalue weighted by Crippen LogP contribution is 2.55. The molecule has 0 fully saturated rings. The first-order valence-corrected chi connectivity index (χ1v) is 12.0. The van der Waals surface area contributed by atoms with Gasteiger partial charge in [0.2, 0.25) is 0 Å². The third-order valence-electron chi connectivity index (χ3n) is 5.21. The molecule has 5 rings (SSSR count). The maximum absolute atomic E-state index is 13.7. The SMILES string of the molecule is CC1(C)c2ssc(=S)c2-c2cc3c(cc2N1C(=O)c1ccc(Cl)cc1)OCCO3. The Morgan fingerprint density at radius 3 is 2.45 bits per heavy atom. The maximum Gasteiger partial charge on any atom is 0.259 e. The summed E-state index contributed by atoms with van der Waals surface area (Å²) in [6.07, 6.45) is 0. The molecule has 8 heteroatoms. The highest BCUT2D eigenvalue weighted by molar-refractivity contribution is 7.80. The Hall–Kier alpha value is -1.93. The lowest BCUT2D eigenvalue weighted by molar-refractivity contribution is 0.0961. The summed E-state index contributed by atoms with van der Waals surface area (Å²) in [5, 5.41) is 0.595. The van der Waals surface area contributed by atoms with Crippen LogP contribution in [0.25, 0.3) is 11.1 Å². The number of anilines is 1. The molecule has 3 heterocycles. The molecule has 2 aromatic carbocycles. The quantitative estimate of drug-likeness (QED) is 0.305. The summed E-state index contributed by atoms with van der Waals surface area (Å²) >= 11 is 11.7. The average molecular weight is 462 g/mol. The summed E-state index contributed by atoms with van der Waals surface area (Å²) in [6.45, 7) is 5.09. The average Bonchev–Trinajstić information content (AvgIpc) is 3.10. The van der Waals surface area contributed by atoms with Crippen molar-refractivity contribution in [1.82, 2.24) is 0 Å². The molecule has 0 unspecified atom stereocenters. The Bertz CT molecular complexity index is 1200. The molecule has 0 bridgehead atoms. The normalized spacial score (nSPS) is 16.2. The molecule has 0 N–H and O–H groups in total. The van der Waals surface area contributed by atoms with Gasteiger partial charge in [-0.1, -0.05) is 44.5 Å². The lowest BCUT2D eigenvalue weighted by Crippen LogP contribution is -2.47. The number of nitrogens with zero attached hydrogens (tertiary/aromatic N) is 1. The molecular formula is C21H16ClNO3S3. The van der Waals surface area contributed by atoms with E-state index in [-0.39, 0.29) is 5.91 Å². The van der Waals surface area contributed by atoms with Crippen LogP contribution in [0.4, 0.5) is 5.69 Å². The number of ether oxygens (including phenoxy) is 2. The van der Waals surface area contributed by atoms with Crippen LogP contribution in [0, 0.1) is 3.82 Å². The molecule has 2 aliphatic rings. The predicted molar refractivity (Wildman–Crippen MR) is 121 cm³/mol. The van der Waals surface area contributed by atoms with Crippen LogP contribution in [0.1, 0.15) is 29.1 Å². The van der Waals surface area contributed by atoms with E-state index in [1.54, 1.807) is 44.9 Å². The molecule has 0 atom stereocenters. The second-order valence-corrected chi connectivity index (χ2v) is 10.6. The third-order valence-corrected chi connectivity index (χ3v) is 8.79. The van der Waals surface area contributed by atoms with Crippen molar-refractivity contribution in [2.45, 2.75) is 19.4 Å². The smallest absolute Gasteiger partial charge is 0.259 e. The van der Waals surface area contributed by atoms with Crippen LogP contribution < -0.4 is 14.4 Å². The van der Waals surface area contributed by atoms with Crippen molar-refractivity contribution >= 4 is 56.1 Å². The van der Waals surface area contributed by atoms with Crippen LogP contribution in [-0.2, 0) is 5.54 Å². The molecule has 3 aromatic rings. The van der Waals surface area contributed by atoms with Crippen LogP contribution in [0.5, 0.6) is 11.5 Å². The molecule has 4 nitrogen and oxygen atoms in total. The number of halogens is 1. The first-order valence-electron chi connectivity index (χ1n) is 9.05. The molecule has 0 spiro atoms. The van der Waals surface area contributed by atoms with E-state index < -0.39 is 5.54 Å². The van der Waals surface area contributed by atoms with Gasteiger partial charge in [0.25, 0.3) is 5.91 Å². The van der Waals surface area contributed by atoms with E-state index >= 15 is 0 Å². The van der Waals surface area contributed by atoms with Gasteiger partial charge in [-0.15, -0.1) is 0 Å². The lowest BCUT2D eigenvalue weighted by Gasteiger charge is -2.43. The minimum Gasteiger partial charge on any atom is -0.486 e. The Kier molecular flexibility index (Phi) is 4.47. The van der Waals surface area contributed by atoms with Crippen molar-refractivity contribution in [3.8, 4) is 22.6 Å². The van der Waals surface area contributed by atoms with Crippen LogP contribution in [-0.4, -0.2) is 19.1 Å². The molecule has 0 saturated heterocycles. The zero-order valence-electron chi connectivity index (χ0n) is 15.7. The Morgan fingerprint density at radius 2 is 1.76 bits per heavy atom. The second kappa shape index (κ2) is 6.80. The highest BCUT2D eigenvalue weighted by atomic mass is 35.5. The van der Waals surface area contributed by atoms with E-state index in [2.05, 4.69) is 13.8 Å². The van der Waals surface area contributed by atoms with E-state index in [1.807, 2.05) is 17.0 Å². The Labute approximate surface area is 185 Å². The Balaban J connectivity index is 1.77. The number of hydrogen-bond acceptors (Lipinski definition) is 6. The van der Waals surface area contributed by atoms with E-state index in [0.29, 0.717) is 35.3 Å². The fraction of sp³-hybridized carbons (Fsp3) is 0.238. The van der Waals surface area contributed by atoms with E-state index in [9.17, 15) is 4.79 Å². The predicted octanol–water partition coefficient (Wildman–Crippen LogP) is 6.53. The molecule has 29 heavy (non-hydrogen) atoms. The van der Waals surface area contributed by atoms with Gasteiger partial charge in [-0.3, -0.25) is 9.69 Å². The molecule has 0 saturated carbocycles. The van der Waals surface area contributed by atoms with Crippen LogP contribution in [0.2, 0.25) is 5.02 Å². The van der Waals surface area contributed by atoms with Gasteiger partial charge >= 0.3 is 0 Å². The maximum atomic E-state index is 13.7. The monoisotopic (exact) mass is 461 g/mol. The van der Waals surface area contributed by atoms with Gasteiger partial charge in [0.1, 0.15) is 17.0 Å². The van der Waals surface area contributed by atoms with Gasteiger partial charge in [0.05, 0.1) is 16.1 Å². The number of hydrogen-bond donors (Lipinski definition) is 0. The zero-order valence-corrected chi connectivity index (χ0v) is 18.9. The highest BCUT2D eigenvalue weighted by Gasteiger charge is 2.44. The second-order valence-electron chi connectivity index (χ2n) is 7.38. The first kappa shape index (κ1) is 19.1. The molecule has 148 valence electrons. The van der Waals surface area contributed by atoms with Crippen LogP contribution in [0.15, 0.2) is 36.4 Å². The molecule has 0 aliphatic carbocycles. The topological polar surface area (TPSA) is 38.8 Å². The van der Waals surface area contributed by atoms with Crippen molar-refractivity contribution in [3.63, 3.8) is 0 Å². The van der Waals surface area contributed by atoms with Crippen molar-refractivity contribution in [1.29, 1.82) is 0 Å². The van der Waals surface area contributed by atoms with Crippen molar-refractivity contribution < 1.29 is 14.3 Å². The summed E-state index contributed by atoms with van der Waals surface area (Å²) in [4.78, 5) is 16.6. The van der Waals surface area contributed by atoms with Crippen molar-refractivity contribution in [2.24, 2.45) is 0 Å². The van der Waals surface area contributed by atoms with Gasteiger partial charge < -0.3 is 9.47 Å². The number of carbonyl (C=O) groups is 1. The summed E-state index contributed by atoms with van der Waals surface area (Å²) < 4.78 is 12.4. The van der Waals surface area contributed by atoms with E-state index in [4.69, 9.17) is 33.3 Å². The summed E-state index contributed by atoms with van der Waals surface area (Å²) in [5.41, 5.74) is 2.72. The number of carbonyl (C=O) groups excluding carboxylic acids is 1.